The highest BCUT2D eigenvalue weighted by Crippen LogP contribution is 2.25. The van der Waals surface area contributed by atoms with Crippen molar-refractivity contribution in [1.29, 1.82) is 0 Å². The molecule has 5 heteroatoms. The summed E-state index contributed by atoms with van der Waals surface area (Å²) in [5, 5.41) is 7.68. The zero-order valence-electron chi connectivity index (χ0n) is 19.0. The summed E-state index contributed by atoms with van der Waals surface area (Å²) in [6.07, 6.45) is 2.87. The van der Waals surface area contributed by atoms with Gasteiger partial charge in [0.05, 0.1) is 13.0 Å². The summed E-state index contributed by atoms with van der Waals surface area (Å²) in [5.74, 6) is 0. The summed E-state index contributed by atoms with van der Waals surface area (Å²) in [4.78, 5) is 2.68. The van der Waals surface area contributed by atoms with Gasteiger partial charge < -0.3 is 5.11 Å². The van der Waals surface area contributed by atoms with Gasteiger partial charge in [-0.3, -0.25) is 4.90 Å². The van der Waals surface area contributed by atoms with Crippen LogP contribution in [0.4, 0.5) is 13.2 Å². The molecule has 0 unspecified atom stereocenters. The number of halogens is 3. The Hall–Kier alpha value is -1.85. The van der Waals surface area contributed by atoms with E-state index in [1.54, 1.807) is 0 Å². The van der Waals surface area contributed by atoms with E-state index in [0.29, 0.717) is 0 Å². The van der Waals surface area contributed by atoms with Crippen LogP contribution in [0, 0.1) is 0 Å². The van der Waals surface area contributed by atoms with Crippen LogP contribution in [0.1, 0.15) is 69.9 Å². The fourth-order valence-electron chi connectivity index (χ4n) is 3.52. The van der Waals surface area contributed by atoms with Crippen molar-refractivity contribution in [3.63, 3.8) is 0 Å². The maximum atomic E-state index is 10.9. The van der Waals surface area contributed by atoms with E-state index in [1.807, 2.05) is 0 Å². The maximum Gasteiger partial charge on any atom is 0.391 e. The number of aliphatic hydroxyl groups is 1. The molecule has 1 saturated carbocycles. The Labute approximate surface area is 186 Å². The summed E-state index contributed by atoms with van der Waals surface area (Å²) >= 11 is 0. The zero-order valence-corrected chi connectivity index (χ0v) is 19.0. The molecule has 0 heterocycles. The lowest BCUT2D eigenvalue weighted by molar-refractivity contribution is -0.141. The average molecular weight is 438 g/mol. The highest BCUT2D eigenvalue weighted by Gasteiger charge is 2.25. The number of alkyl halides is 3. The average Bonchev–Trinajstić information content (AvgIpc) is 2.76. The summed E-state index contributed by atoms with van der Waals surface area (Å²) < 4.78 is 32.7. The molecule has 0 aromatic heterocycles. The summed E-state index contributed by atoms with van der Waals surface area (Å²) in [7, 11) is 0. The predicted molar refractivity (Wildman–Crippen MR) is 123 cm³/mol. The van der Waals surface area contributed by atoms with Crippen LogP contribution in [0.15, 0.2) is 60.7 Å². The molecule has 0 radical (unpaired) electrons. The van der Waals surface area contributed by atoms with Crippen molar-refractivity contribution in [3.8, 4) is 0 Å². The van der Waals surface area contributed by atoms with Crippen LogP contribution < -0.4 is 0 Å². The van der Waals surface area contributed by atoms with Gasteiger partial charge in [0.2, 0.25) is 0 Å². The van der Waals surface area contributed by atoms with E-state index in [4.69, 9.17) is 5.11 Å². The SMILES string of the molecule is CCC.OCCC(F)(F)F.c1ccc(CN(Cc2ccccc2)C2CCCCC2)cc1. The Morgan fingerprint density at radius 2 is 1.23 bits per heavy atom. The van der Waals surface area contributed by atoms with Gasteiger partial charge >= 0.3 is 6.18 Å². The highest BCUT2D eigenvalue weighted by atomic mass is 19.4. The Morgan fingerprint density at radius 3 is 1.55 bits per heavy atom. The van der Waals surface area contributed by atoms with Crippen LogP contribution in [-0.2, 0) is 13.1 Å². The minimum Gasteiger partial charge on any atom is -0.396 e. The second-order valence-electron chi connectivity index (χ2n) is 7.96. The molecule has 174 valence electrons. The van der Waals surface area contributed by atoms with Gasteiger partial charge in [0.15, 0.2) is 0 Å². The maximum absolute atomic E-state index is 10.9. The third kappa shape index (κ3) is 13.2. The highest BCUT2D eigenvalue weighted by molar-refractivity contribution is 5.17. The first-order valence-corrected chi connectivity index (χ1v) is 11.4. The molecular formula is C26H38F3NO. The van der Waals surface area contributed by atoms with E-state index in [9.17, 15) is 13.2 Å². The van der Waals surface area contributed by atoms with Gasteiger partial charge in [-0.05, 0) is 24.0 Å². The van der Waals surface area contributed by atoms with Crippen LogP contribution in [0.2, 0.25) is 0 Å². The monoisotopic (exact) mass is 437 g/mol. The number of nitrogens with zero attached hydrogens (tertiary/aromatic N) is 1. The standard InChI is InChI=1S/C20H25N.C3H5F3O.C3H8/c1-4-10-18(11-5-1)16-21(20-14-8-3-9-15-20)17-19-12-6-2-7-13-19;4-3(5,6)1-2-7;1-3-2/h1-2,4-7,10-13,20H,3,8-9,14-17H2;7H,1-2H2;3H2,1-2H3. The first-order chi connectivity index (χ1) is 14.9. The summed E-state index contributed by atoms with van der Waals surface area (Å²) in [5.41, 5.74) is 2.86. The molecule has 2 aromatic carbocycles. The molecule has 0 aliphatic heterocycles. The molecule has 31 heavy (non-hydrogen) atoms. The minimum absolute atomic E-state index is 0.749. The lowest BCUT2D eigenvalue weighted by Crippen LogP contribution is -2.35. The number of aliphatic hydroxyl groups excluding tert-OH is 1. The summed E-state index contributed by atoms with van der Waals surface area (Å²) in [6.45, 7) is 5.57. The second-order valence-corrected chi connectivity index (χ2v) is 7.96. The van der Waals surface area contributed by atoms with Crippen molar-refractivity contribution >= 4 is 0 Å². The van der Waals surface area contributed by atoms with E-state index in [0.717, 1.165) is 19.1 Å². The quantitative estimate of drug-likeness (QED) is 0.510. The third-order valence-electron chi connectivity index (χ3n) is 4.94. The van der Waals surface area contributed by atoms with Crippen LogP contribution >= 0.6 is 0 Å². The largest absolute Gasteiger partial charge is 0.396 e. The number of hydrogen-bond donors (Lipinski definition) is 1. The molecule has 1 aliphatic rings. The molecule has 0 bridgehead atoms. The van der Waals surface area contributed by atoms with E-state index in [1.165, 1.54) is 49.7 Å². The second kappa shape index (κ2) is 15.9. The number of hydrogen-bond acceptors (Lipinski definition) is 2. The molecule has 0 atom stereocenters. The zero-order chi connectivity index (χ0) is 23.0. The van der Waals surface area contributed by atoms with E-state index in [2.05, 4.69) is 79.4 Å². The van der Waals surface area contributed by atoms with Crippen LogP contribution in [0.25, 0.3) is 0 Å². The minimum atomic E-state index is -4.20. The molecule has 0 spiro atoms. The Morgan fingerprint density at radius 1 is 0.806 bits per heavy atom. The molecule has 1 N–H and O–H groups in total. The Bertz CT molecular complexity index is 614. The van der Waals surface area contributed by atoms with Gasteiger partial charge in [-0.1, -0.05) is 100 Å². The third-order valence-corrected chi connectivity index (χ3v) is 4.94. The smallest absolute Gasteiger partial charge is 0.391 e. The molecule has 1 fully saturated rings. The lowest BCUT2D eigenvalue weighted by Gasteiger charge is -2.34. The van der Waals surface area contributed by atoms with Crippen LogP contribution in [0.3, 0.4) is 0 Å². The van der Waals surface area contributed by atoms with Crippen molar-refractivity contribution in [1.82, 2.24) is 4.90 Å². The van der Waals surface area contributed by atoms with Crippen molar-refractivity contribution in [2.75, 3.05) is 6.61 Å². The fraction of sp³-hybridized carbons (Fsp3) is 0.538. The number of rotatable bonds is 6. The summed E-state index contributed by atoms with van der Waals surface area (Å²) in [6, 6.07) is 22.6. The number of benzene rings is 2. The molecular weight excluding hydrogens is 399 g/mol. The fourth-order valence-corrected chi connectivity index (χ4v) is 3.52. The lowest BCUT2D eigenvalue weighted by atomic mass is 9.93. The van der Waals surface area contributed by atoms with Crippen molar-refractivity contribution in [2.24, 2.45) is 0 Å². The van der Waals surface area contributed by atoms with Gasteiger partial charge in [-0.15, -0.1) is 0 Å². The molecule has 0 amide bonds. The van der Waals surface area contributed by atoms with Crippen molar-refractivity contribution < 1.29 is 18.3 Å². The van der Waals surface area contributed by atoms with Gasteiger partial charge in [0.25, 0.3) is 0 Å². The van der Waals surface area contributed by atoms with Crippen LogP contribution in [-0.4, -0.2) is 28.8 Å². The van der Waals surface area contributed by atoms with E-state index >= 15 is 0 Å². The molecule has 0 saturated heterocycles. The van der Waals surface area contributed by atoms with Crippen molar-refractivity contribution in [3.05, 3.63) is 71.8 Å². The van der Waals surface area contributed by atoms with Gasteiger partial charge in [0, 0.05) is 19.1 Å². The van der Waals surface area contributed by atoms with Gasteiger partial charge in [-0.25, -0.2) is 0 Å². The Balaban J connectivity index is 0.000000406. The first-order valence-electron chi connectivity index (χ1n) is 11.4. The first kappa shape index (κ1) is 27.2. The van der Waals surface area contributed by atoms with Gasteiger partial charge in [0.1, 0.15) is 0 Å². The van der Waals surface area contributed by atoms with Crippen LogP contribution in [0.5, 0.6) is 0 Å². The molecule has 1 aliphatic carbocycles. The Kier molecular flexibility index (Phi) is 13.9. The predicted octanol–water partition coefficient (Wildman–Crippen LogP) is 7.37. The molecule has 2 nitrogen and oxygen atoms in total. The normalized spacial score (nSPS) is 14.3. The topological polar surface area (TPSA) is 23.5 Å². The van der Waals surface area contributed by atoms with E-state index in [-0.39, 0.29) is 0 Å². The molecule has 3 rings (SSSR count). The van der Waals surface area contributed by atoms with E-state index < -0.39 is 19.2 Å². The van der Waals surface area contributed by atoms with Gasteiger partial charge in [-0.2, -0.15) is 13.2 Å². The molecule has 2 aromatic rings. The van der Waals surface area contributed by atoms with Crippen molar-refractivity contribution in [2.45, 2.75) is 84.1 Å².